The first kappa shape index (κ1) is 20.7. The van der Waals surface area contributed by atoms with Gasteiger partial charge >= 0.3 is 12.0 Å². The van der Waals surface area contributed by atoms with Crippen LogP contribution >= 0.6 is 11.6 Å². The minimum Gasteiger partial charge on any atom is -0.454 e. The van der Waals surface area contributed by atoms with Crippen LogP contribution < -0.4 is 10.6 Å². The van der Waals surface area contributed by atoms with Gasteiger partial charge in [-0.2, -0.15) is 0 Å². The van der Waals surface area contributed by atoms with E-state index in [0.29, 0.717) is 17.1 Å². The Morgan fingerprint density at radius 2 is 2.00 bits per heavy atom. The van der Waals surface area contributed by atoms with Crippen molar-refractivity contribution >= 4 is 41.1 Å². The molecular weight excluding hydrogens is 374 g/mol. The fourth-order valence-electron chi connectivity index (χ4n) is 2.66. The summed E-state index contributed by atoms with van der Waals surface area (Å²) in [5.74, 6) is -1.91. The molecule has 2 N–H and O–H groups in total. The molecule has 0 spiro atoms. The lowest BCUT2D eigenvalue weighted by Crippen LogP contribution is -2.44. The van der Waals surface area contributed by atoms with Crippen molar-refractivity contribution in [3.05, 3.63) is 29.3 Å². The average molecular weight is 396 g/mol. The number of hydrogen-bond donors (Lipinski definition) is 2. The van der Waals surface area contributed by atoms with Crippen LogP contribution in [0.5, 0.6) is 0 Å². The second-order valence-corrected chi connectivity index (χ2v) is 6.85. The lowest BCUT2D eigenvalue weighted by atomic mass is 9.95. The number of benzene rings is 1. The summed E-state index contributed by atoms with van der Waals surface area (Å²) in [7, 11) is 0. The Morgan fingerprint density at radius 1 is 1.30 bits per heavy atom. The number of imide groups is 1. The first-order chi connectivity index (χ1) is 12.8. The monoisotopic (exact) mass is 395 g/mol. The van der Waals surface area contributed by atoms with Crippen molar-refractivity contribution in [1.82, 2.24) is 10.2 Å². The molecule has 146 valence electrons. The largest absolute Gasteiger partial charge is 0.454 e. The van der Waals surface area contributed by atoms with Gasteiger partial charge in [-0.1, -0.05) is 43.5 Å². The number of nitrogens with one attached hydrogen (secondary N) is 2. The van der Waals surface area contributed by atoms with Crippen LogP contribution in [0.2, 0.25) is 5.02 Å². The van der Waals surface area contributed by atoms with Crippen LogP contribution in [-0.4, -0.2) is 47.4 Å². The molecule has 2 rings (SSSR count). The molecule has 0 saturated carbocycles. The van der Waals surface area contributed by atoms with Gasteiger partial charge in [0.2, 0.25) is 0 Å². The summed E-state index contributed by atoms with van der Waals surface area (Å²) in [5.41, 5.74) is -0.629. The molecule has 0 bridgehead atoms. The smallest absolute Gasteiger partial charge is 0.326 e. The molecule has 1 atom stereocenters. The summed E-state index contributed by atoms with van der Waals surface area (Å²) in [5, 5.41) is 5.46. The van der Waals surface area contributed by atoms with Crippen LogP contribution in [0.25, 0.3) is 0 Å². The Balaban J connectivity index is 1.85. The Labute approximate surface area is 162 Å². The molecule has 1 aromatic carbocycles. The van der Waals surface area contributed by atoms with Gasteiger partial charge in [0.05, 0.1) is 10.7 Å². The van der Waals surface area contributed by atoms with Crippen LogP contribution in [0, 0.1) is 0 Å². The van der Waals surface area contributed by atoms with Crippen LogP contribution in [0.15, 0.2) is 24.3 Å². The first-order valence-corrected chi connectivity index (χ1v) is 8.98. The molecule has 9 heteroatoms. The third-order valence-electron chi connectivity index (χ3n) is 4.17. The zero-order valence-corrected chi connectivity index (χ0v) is 16.0. The Kier molecular flexibility index (Phi) is 6.79. The van der Waals surface area contributed by atoms with Crippen LogP contribution in [-0.2, 0) is 19.1 Å². The normalized spacial score (nSPS) is 19.0. The number of urea groups is 1. The number of esters is 1. The van der Waals surface area contributed by atoms with E-state index in [4.69, 9.17) is 16.3 Å². The van der Waals surface area contributed by atoms with Crippen molar-refractivity contribution in [2.24, 2.45) is 0 Å². The van der Waals surface area contributed by atoms with E-state index in [1.54, 1.807) is 31.2 Å². The Hall–Kier alpha value is -2.61. The van der Waals surface area contributed by atoms with E-state index in [1.165, 1.54) is 0 Å². The van der Waals surface area contributed by atoms with Gasteiger partial charge in [-0.25, -0.2) is 4.79 Å². The number of anilines is 1. The lowest BCUT2D eigenvalue weighted by Gasteiger charge is -2.21. The molecular formula is C18H22ClN3O5. The third kappa shape index (κ3) is 5.19. The molecule has 8 nitrogen and oxygen atoms in total. The fourth-order valence-corrected chi connectivity index (χ4v) is 2.84. The van der Waals surface area contributed by atoms with Gasteiger partial charge in [-0.05, 0) is 25.5 Å². The van der Waals surface area contributed by atoms with Crippen LogP contribution in [0.1, 0.15) is 33.1 Å². The maximum Gasteiger partial charge on any atom is 0.326 e. The molecule has 0 radical (unpaired) electrons. The molecule has 0 aliphatic carbocycles. The minimum atomic E-state index is -1.02. The zero-order chi connectivity index (χ0) is 20.0. The van der Waals surface area contributed by atoms with E-state index in [-0.39, 0.29) is 0 Å². The van der Waals surface area contributed by atoms with Crippen molar-refractivity contribution in [3.8, 4) is 0 Å². The number of carbonyl (C=O) groups excluding carboxylic acids is 4. The van der Waals surface area contributed by atoms with Crippen molar-refractivity contribution in [2.75, 3.05) is 18.5 Å². The standard InChI is InChI=1S/C18H22ClN3O5/c1-3-4-9-18(2)16(25)22(17(26)21-18)10-15(24)27-11-14(23)20-13-8-6-5-7-12(13)19/h5-8H,3-4,9-11H2,1-2H3,(H,20,23)(H,21,26)/t18-/m0/s1. The van der Waals surface area contributed by atoms with Gasteiger partial charge in [0, 0.05) is 0 Å². The summed E-state index contributed by atoms with van der Waals surface area (Å²) in [6.07, 6.45) is 2.13. The molecule has 27 heavy (non-hydrogen) atoms. The maximum atomic E-state index is 12.4. The van der Waals surface area contributed by atoms with Gasteiger partial charge in [-0.3, -0.25) is 19.3 Å². The van der Waals surface area contributed by atoms with E-state index in [0.717, 1.165) is 17.7 Å². The second kappa shape index (κ2) is 8.85. The minimum absolute atomic E-state index is 0.350. The first-order valence-electron chi connectivity index (χ1n) is 8.61. The highest BCUT2D eigenvalue weighted by molar-refractivity contribution is 6.33. The molecule has 0 unspecified atom stereocenters. The van der Waals surface area contributed by atoms with Crippen LogP contribution in [0.3, 0.4) is 0 Å². The maximum absolute atomic E-state index is 12.4. The predicted octanol–water partition coefficient (Wildman–Crippen LogP) is 2.32. The van der Waals surface area contributed by atoms with Gasteiger partial charge in [0.15, 0.2) is 6.61 Å². The summed E-state index contributed by atoms with van der Waals surface area (Å²) in [4.78, 5) is 49.0. The third-order valence-corrected chi connectivity index (χ3v) is 4.50. The molecule has 1 saturated heterocycles. The number of unbranched alkanes of at least 4 members (excludes halogenated alkanes) is 1. The van der Waals surface area contributed by atoms with E-state index in [1.807, 2.05) is 6.92 Å². The van der Waals surface area contributed by atoms with Crippen molar-refractivity contribution in [3.63, 3.8) is 0 Å². The number of para-hydroxylation sites is 1. The average Bonchev–Trinajstić information content (AvgIpc) is 2.84. The molecule has 0 aromatic heterocycles. The molecule has 1 heterocycles. The number of hydrogen-bond acceptors (Lipinski definition) is 5. The van der Waals surface area contributed by atoms with E-state index in [9.17, 15) is 19.2 Å². The number of nitrogens with zero attached hydrogens (tertiary/aromatic N) is 1. The summed E-state index contributed by atoms with van der Waals surface area (Å²) >= 11 is 5.93. The molecule has 1 aliphatic rings. The Bertz CT molecular complexity index is 754. The van der Waals surface area contributed by atoms with Gasteiger partial charge in [0.1, 0.15) is 12.1 Å². The SMILES string of the molecule is CCCC[C@]1(C)NC(=O)N(CC(=O)OCC(=O)Nc2ccccc2Cl)C1=O. The lowest BCUT2D eigenvalue weighted by molar-refractivity contribution is -0.150. The number of halogens is 1. The van der Waals surface area contributed by atoms with E-state index in [2.05, 4.69) is 10.6 Å². The fraction of sp³-hybridized carbons (Fsp3) is 0.444. The highest BCUT2D eigenvalue weighted by atomic mass is 35.5. The number of carbonyl (C=O) groups is 4. The number of amides is 4. The van der Waals surface area contributed by atoms with Gasteiger partial charge < -0.3 is 15.4 Å². The van der Waals surface area contributed by atoms with Gasteiger partial charge in [0.25, 0.3) is 11.8 Å². The van der Waals surface area contributed by atoms with E-state index < -0.39 is 42.5 Å². The summed E-state index contributed by atoms with van der Waals surface area (Å²) in [6.45, 7) is 2.51. The summed E-state index contributed by atoms with van der Waals surface area (Å²) in [6, 6.07) is 5.98. The highest BCUT2D eigenvalue weighted by Crippen LogP contribution is 2.23. The highest BCUT2D eigenvalue weighted by Gasteiger charge is 2.47. The number of rotatable bonds is 8. The predicted molar refractivity (Wildman–Crippen MR) is 99.2 cm³/mol. The van der Waals surface area contributed by atoms with Crippen molar-refractivity contribution in [2.45, 2.75) is 38.6 Å². The van der Waals surface area contributed by atoms with Gasteiger partial charge in [-0.15, -0.1) is 0 Å². The zero-order valence-electron chi connectivity index (χ0n) is 15.2. The Morgan fingerprint density at radius 3 is 2.67 bits per heavy atom. The molecule has 4 amide bonds. The molecule has 1 fully saturated rings. The van der Waals surface area contributed by atoms with Crippen LogP contribution in [0.4, 0.5) is 10.5 Å². The number of ether oxygens (including phenoxy) is 1. The quantitative estimate of drug-likeness (QED) is 0.519. The van der Waals surface area contributed by atoms with E-state index >= 15 is 0 Å². The molecule has 1 aliphatic heterocycles. The summed E-state index contributed by atoms with van der Waals surface area (Å²) < 4.78 is 4.86. The molecule has 1 aromatic rings. The van der Waals surface area contributed by atoms with Crippen molar-refractivity contribution in [1.29, 1.82) is 0 Å². The second-order valence-electron chi connectivity index (χ2n) is 6.45. The van der Waals surface area contributed by atoms with Crippen molar-refractivity contribution < 1.29 is 23.9 Å². The topological polar surface area (TPSA) is 105 Å².